The summed E-state index contributed by atoms with van der Waals surface area (Å²) in [7, 11) is 0. The van der Waals surface area contributed by atoms with Gasteiger partial charge in [-0.25, -0.2) is 4.79 Å². The number of nitriles is 1. The zero-order chi connectivity index (χ0) is 15.4. The van der Waals surface area contributed by atoms with Gasteiger partial charge in [0.1, 0.15) is 6.61 Å². The van der Waals surface area contributed by atoms with E-state index in [1.54, 1.807) is 24.3 Å². The Morgan fingerprint density at radius 3 is 2.48 bits per heavy atom. The second-order valence-electron chi connectivity index (χ2n) is 4.91. The predicted molar refractivity (Wildman–Crippen MR) is 79.9 cm³/mol. The van der Waals surface area contributed by atoms with E-state index in [-0.39, 0.29) is 12.6 Å². The third kappa shape index (κ3) is 3.14. The Bertz CT molecular complexity index is 691. The molecule has 4 nitrogen and oxygen atoms in total. The van der Waals surface area contributed by atoms with Crippen LogP contribution < -0.4 is 0 Å². The molecular formula is C17H18N2O2. The fourth-order valence-electron chi connectivity index (χ4n) is 2.40. The molecule has 0 spiro atoms. The smallest absolute Gasteiger partial charge is 0.340 e. The highest BCUT2D eigenvalue weighted by molar-refractivity contribution is 5.91. The third-order valence-corrected chi connectivity index (χ3v) is 3.56. The van der Waals surface area contributed by atoms with Crippen molar-refractivity contribution in [2.75, 3.05) is 0 Å². The van der Waals surface area contributed by atoms with Gasteiger partial charge in [0, 0.05) is 17.9 Å². The van der Waals surface area contributed by atoms with E-state index in [9.17, 15) is 4.79 Å². The first kappa shape index (κ1) is 14.9. The van der Waals surface area contributed by atoms with Crippen LogP contribution in [0.2, 0.25) is 0 Å². The average molecular weight is 282 g/mol. The Kier molecular flexibility index (Phi) is 4.44. The molecule has 2 aromatic rings. The molecule has 0 amide bonds. The minimum absolute atomic E-state index is 0.209. The van der Waals surface area contributed by atoms with E-state index in [0.29, 0.717) is 11.1 Å². The van der Waals surface area contributed by atoms with Gasteiger partial charge in [0.2, 0.25) is 0 Å². The van der Waals surface area contributed by atoms with Crippen LogP contribution in [0.1, 0.15) is 39.8 Å². The van der Waals surface area contributed by atoms with Crippen LogP contribution in [0.25, 0.3) is 0 Å². The minimum Gasteiger partial charge on any atom is -0.457 e. The number of ether oxygens (including phenoxy) is 1. The fourth-order valence-corrected chi connectivity index (χ4v) is 2.40. The Morgan fingerprint density at radius 2 is 1.95 bits per heavy atom. The lowest BCUT2D eigenvalue weighted by atomic mass is 10.1. The molecule has 0 aliphatic heterocycles. The summed E-state index contributed by atoms with van der Waals surface area (Å²) in [5, 5.41) is 8.74. The summed E-state index contributed by atoms with van der Waals surface area (Å²) in [6, 6.07) is 10.9. The molecule has 0 unspecified atom stereocenters. The van der Waals surface area contributed by atoms with E-state index in [1.807, 2.05) is 26.8 Å². The molecule has 1 aromatic heterocycles. The lowest BCUT2D eigenvalue weighted by Gasteiger charge is -2.07. The number of aromatic nitrogens is 1. The molecule has 1 aromatic carbocycles. The molecule has 0 aliphatic rings. The zero-order valence-corrected chi connectivity index (χ0v) is 12.5. The van der Waals surface area contributed by atoms with Gasteiger partial charge in [-0.3, -0.25) is 0 Å². The molecule has 0 bridgehead atoms. The SMILES string of the molecule is CCn1c(C)cc(C(=O)OCc2ccc(C#N)cc2)c1C. The number of aryl methyl sites for hydroxylation is 1. The van der Waals surface area contributed by atoms with Crippen molar-refractivity contribution in [3.8, 4) is 6.07 Å². The Morgan fingerprint density at radius 1 is 1.29 bits per heavy atom. The Labute approximate surface area is 124 Å². The largest absolute Gasteiger partial charge is 0.457 e. The van der Waals surface area contributed by atoms with Crippen LogP contribution in [-0.2, 0) is 17.9 Å². The summed E-state index contributed by atoms with van der Waals surface area (Å²) < 4.78 is 7.43. The maximum absolute atomic E-state index is 12.2. The van der Waals surface area contributed by atoms with Crippen molar-refractivity contribution in [1.29, 1.82) is 5.26 Å². The summed E-state index contributed by atoms with van der Waals surface area (Å²) in [6.07, 6.45) is 0. The van der Waals surface area contributed by atoms with Crippen LogP contribution in [0.3, 0.4) is 0 Å². The number of carbonyl (C=O) groups is 1. The van der Waals surface area contributed by atoms with E-state index in [0.717, 1.165) is 23.5 Å². The number of benzene rings is 1. The predicted octanol–water partition coefficient (Wildman–Crippen LogP) is 3.35. The van der Waals surface area contributed by atoms with Gasteiger partial charge < -0.3 is 9.30 Å². The first-order valence-corrected chi connectivity index (χ1v) is 6.89. The van der Waals surface area contributed by atoms with Crippen LogP contribution >= 0.6 is 0 Å². The number of esters is 1. The highest BCUT2D eigenvalue weighted by atomic mass is 16.5. The van der Waals surface area contributed by atoms with Crippen molar-refractivity contribution < 1.29 is 9.53 Å². The second kappa shape index (κ2) is 6.27. The standard InChI is InChI=1S/C17H18N2O2/c1-4-19-12(2)9-16(13(19)3)17(20)21-11-15-7-5-14(10-18)6-8-15/h5-9H,4,11H2,1-3H3. The van der Waals surface area contributed by atoms with Crippen LogP contribution in [0, 0.1) is 25.2 Å². The van der Waals surface area contributed by atoms with Crippen LogP contribution in [-0.4, -0.2) is 10.5 Å². The van der Waals surface area contributed by atoms with Crippen LogP contribution in [0.15, 0.2) is 30.3 Å². The van der Waals surface area contributed by atoms with Crippen molar-refractivity contribution in [2.24, 2.45) is 0 Å². The molecule has 1 heterocycles. The number of carbonyl (C=O) groups excluding carboxylic acids is 1. The van der Waals surface area contributed by atoms with E-state index in [2.05, 4.69) is 10.6 Å². The van der Waals surface area contributed by atoms with Gasteiger partial charge in [0.05, 0.1) is 17.2 Å². The molecule has 0 aliphatic carbocycles. The van der Waals surface area contributed by atoms with E-state index in [4.69, 9.17) is 10.00 Å². The van der Waals surface area contributed by atoms with Crippen LogP contribution in [0.4, 0.5) is 0 Å². The molecule has 0 N–H and O–H groups in total. The minimum atomic E-state index is -0.313. The van der Waals surface area contributed by atoms with Gasteiger partial charge in [0.15, 0.2) is 0 Å². The Balaban J connectivity index is 2.06. The molecule has 108 valence electrons. The molecule has 4 heteroatoms. The maximum atomic E-state index is 12.2. The van der Waals surface area contributed by atoms with E-state index >= 15 is 0 Å². The normalized spacial score (nSPS) is 10.2. The lowest BCUT2D eigenvalue weighted by Crippen LogP contribution is -2.07. The Hall–Kier alpha value is -2.54. The van der Waals surface area contributed by atoms with Gasteiger partial charge in [-0.15, -0.1) is 0 Å². The summed E-state index contributed by atoms with van der Waals surface area (Å²) >= 11 is 0. The number of nitrogens with zero attached hydrogens (tertiary/aromatic N) is 2. The van der Waals surface area contributed by atoms with Crippen LogP contribution in [0.5, 0.6) is 0 Å². The lowest BCUT2D eigenvalue weighted by molar-refractivity contribution is 0.0471. The maximum Gasteiger partial charge on any atom is 0.340 e. The second-order valence-corrected chi connectivity index (χ2v) is 4.91. The quantitative estimate of drug-likeness (QED) is 0.808. The number of hydrogen-bond donors (Lipinski definition) is 0. The summed E-state index contributed by atoms with van der Waals surface area (Å²) in [5.74, 6) is -0.313. The fraction of sp³-hybridized carbons (Fsp3) is 0.294. The molecular weight excluding hydrogens is 264 g/mol. The highest BCUT2D eigenvalue weighted by Crippen LogP contribution is 2.17. The summed E-state index contributed by atoms with van der Waals surface area (Å²) in [4.78, 5) is 12.2. The number of rotatable bonds is 4. The summed E-state index contributed by atoms with van der Waals surface area (Å²) in [6.45, 7) is 7.00. The zero-order valence-electron chi connectivity index (χ0n) is 12.5. The highest BCUT2D eigenvalue weighted by Gasteiger charge is 2.16. The van der Waals surface area contributed by atoms with Crippen molar-refractivity contribution in [1.82, 2.24) is 4.57 Å². The molecule has 0 radical (unpaired) electrons. The van der Waals surface area contributed by atoms with Gasteiger partial charge in [-0.05, 0) is 44.5 Å². The first-order valence-electron chi connectivity index (χ1n) is 6.89. The third-order valence-electron chi connectivity index (χ3n) is 3.56. The molecule has 0 fully saturated rings. The summed E-state index contributed by atoms with van der Waals surface area (Å²) in [5.41, 5.74) is 4.06. The molecule has 0 saturated heterocycles. The van der Waals surface area contributed by atoms with Crippen molar-refractivity contribution in [3.63, 3.8) is 0 Å². The van der Waals surface area contributed by atoms with Crippen molar-refractivity contribution in [3.05, 3.63) is 58.4 Å². The molecule has 2 rings (SSSR count). The molecule has 0 saturated carbocycles. The van der Waals surface area contributed by atoms with Gasteiger partial charge in [0.25, 0.3) is 0 Å². The van der Waals surface area contributed by atoms with Gasteiger partial charge in [-0.1, -0.05) is 12.1 Å². The average Bonchev–Trinajstić information content (AvgIpc) is 2.79. The topological polar surface area (TPSA) is 55.0 Å². The van der Waals surface area contributed by atoms with Crippen molar-refractivity contribution in [2.45, 2.75) is 33.9 Å². The first-order chi connectivity index (χ1) is 10.1. The molecule has 0 atom stereocenters. The van der Waals surface area contributed by atoms with Crippen molar-refractivity contribution >= 4 is 5.97 Å². The van der Waals surface area contributed by atoms with Gasteiger partial charge >= 0.3 is 5.97 Å². The van der Waals surface area contributed by atoms with E-state index < -0.39 is 0 Å². The monoisotopic (exact) mass is 282 g/mol. The van der Waals surface area contributed by atoms with Gasteiger partial charge in [-0.2, -0.15) is 5.26 Å². The number of hydrogen-bond acceptors (Lipinski definition) is 3. The van der Waals surface area contributed by atoms with E-state index in [1.165, 1.54) is 0 Å². The molecule has 21 heavy (non-hydrogen) atoms.